The Hall–Kier alpha value is -3.19. The summed E-state index contributed by atoms with van der Waals surface area (Å²) in [4.78, 5) is 14.6. The molecule has 0 atom stereocenters. The molecule has 0 aliphatic rings. The maximum absolute atomic E-state index is 10.5. The third-order valence-corrected chi connectivity index (χ3v) is 2.81. The molecular weight excluding hydrogens is 274 g/mol. The maximum Gasteiger partial charge on any atom is 0.221 e. The zero-order chi connectivity index (χ0) is 15.8. The van der Waals surface area contributed by atoms with Crippen LogP contribution in [0.2, 0.25) is 0 Å². The molecule has 4 nitrogen and oxygen atoms in total. The molecule has 1 amide bonds. The van der Waals surface area contributed by atoms with E-state index in [0.717, 1.165) is 16.6 Å². The van der Waals surface area contributed by atoms with Crippen LogP contribution < -0.4 is 5.32 Å². The minimum atomic E-state index is -0.0359. The number of pyridine rings is 1. The number of nitrogens with zero attached hydrogens (tertiary/aromatic N) is 2. The molecule has 0 saturated heterocycles. The number of nitrogens with one attached hydrogen (secondary N) is 1. The molecule has 3 aromatic rings. The molecule has 0 aliphatic carbocycles. The van der Waals surface area contributed by atoms with Gasteiger partial charge < -0.3 is 5.32 Å². The van der Waals surface area contributed by atoms with Gasteiger partial charge in [-0.2, -0.15) is 5.26 Å². The van der Waals surface area contributed by atoms with Crippen LogP contribution in [0.1, 0.15) is 12.6 Å². The molecular formula is C18H15N3O. The number of nitriles is 1. The fraction of sp³-hybridized carbons (Fsp3) is 0.0556. The monoisotopic (exact) mass is 289 g/mol. The van der Waals surface area contributed by atoms with Crippen molar-refractivity contribution in [2.45, 2.75) is 6.92 Å². The lowest BCUT2D eigenvalue weighted by Gasteiger charge is -1.98. The van der Waals surface area contributed by atoms with Gasteiger partial charge in [0.25, 0.3) is 0 Å². The van der Waals surface area contributed by atoms with Gasteiger partial charge in [0.05, 0.1) is 5.52 Å². The molecule has 0 bridgehead atoms. The Morgan fingerprint density at radius 2 is 1.68 bits per heavy atom. The predicted octanol–water partition coefficient (Wildman–Crippen LogP) is 3.75. The zero-order valence-corrected chi connectivity index (χ0v) is 12.2. The molecule has 0 unspecified atom stereocenters. The van der Waals surface area contributed by atoms with Crippen molar-refractivity contribution in [1.29, 1.82) is 5.26 Å². The molecule has 0 spiro atoms. The molecule has 108 valence electrons. The highest BCUT2D eigenvalue weighted by Crippen LogP contribution is 2.10. The third kappa shape index (κ3) is 4.43. The number of hydrogen-bond donors (Lipinski definition) is 1. The van der Waals surface area contributed by atoms with Gasteiger partial charge in [-0.15, -0.1) is 0 Å². The summed E-state index contributed by atoms with van der Waals surface area (Å²) in [6.45, 7) is 1.49. The van der Waals surface area contributed by atoms with Crippen molar-refractivity contribution in [3.8, 4) is 6.07 Å². The average Bonchev–Trinajstić information content (AvgIpc) is 2.55. The summed E-state index contributed by atoms with van der Waals surface area (Å²) in [5.41, 5.74) is 2.18. The van der Waals surface area contributed by atoms with E-state index in [1.165, 1.54) is 6.92 Å². The van der Waals surface area contributed by atoms with Crippen LogP contribution in [0.25, 0.3) is 10.9 Å². The van der Waals surface area contributed by atoms with Gasteiger partial charge in [0.1, 0.15) is 11.8 Å². The number of hydrogen-bond acceptors (Lipinski definition) is 3. The Morgan fingerprint density at radius 1 is 1.00 bits per heavy atom. The van der Waals surface area contributed by atoms with Crippen LogP contribution in [0.3, 0.4) is 0 Å². The van der Waals surface area contributed by atoms with Crippen molar-refractivity contribution in [3.05, 3.63) is 72.4 Å². The smallest absolute Gasteiger partial charge is 0.221 e. The summed E-state index contributed by atoms with van der Waals surface area (Å²) in [6, 6.07) is 22.7. The zero-order valence-electron chi connectivity index (χ0n) is 12.2. The number of benzene rings is 2. The Balaban J connectivity index is 0.000000164. The number of fused-ring (bicyclic) bond motifs is 1. The number of aromatic nitrogens is 1. The van der Waals surface area contributed by atoms with Crippen LogP contribution in [0.15, 0.2) is 66.7 Å². The summed E-state index contributed by atoms with van der Waals surface area (Å²) in [5.74, 6) is -0.0359. The Labute approximate surface area is 129 Å². The van der Waals surface area contributed by atoms with Gasteiger partial charge in [-0.25, -0.2) is 4.98 Å². The first-order valence-electron chi connectivity index (χ1n) is 6.77. The average molecular weight is 289 g/mol. The van der Waals surface area contributed by atoms with E-state index in [4.69, 9.17) is 5.26 Å². The topological polar surface area (TPSA) is 65.8 Å². The molecule has 1 heterocycles. The maximum atomic E-state index is 10.5. The van der Waals surface area contributed by atoms with Gasteiger partial charge in [-0.05, 0) is 30.3 Å². The summed E-state index contributed by atoms with van der Waals surface area (Å²) in [5, 5.41) is 12.3. The van der Waals surface area contributed by atoms with Gasteiger partial charge in [0.15, 0.2) is 0 Å². The van der Waals surface area contributed by atoms with Crippen LogP contribution in [0.5, 0.6) is 0 Å². The van der Waals surface area contributed by atoms with Crippen molar-refractivity contribution >= 4 is 22.5 Å². The Morgan fingerprint density at radius 3 is 2.36 bits per heavy atom. The molecule has 0 aliphatic heterocycles. The number of carbonyl (C=O) groups excluding carboxylic acids is 1. The molecule has 4 heteroatoms. The van der Waals surface area contributed by atoms with E-state index in [2.05, 4.69) is 10.3 Å². The Bertz CT molecular complexity index is 807. The number of carbonyl (C=O) groups is 1. The van der Waals surface area contributed by atoms with Crippen LogP contribution >= 0.6 is 0 Å². The van der Waals surface area contributed by atoms with E-state index in [1.807, 2.05) is 66.7 Å². The number of anilines is 1. The lowest BCUT2D eigenvalue weighted by atomic mass is 10.2. The second-order valence-electron chi connectivity index (χ2n) is 4.55. The van der Waals surface area contributed by atoms with Crippen molar-refractivity contribution in [2.75, 3.05) is 5.32 Å². The number of amides is 1. The lowest BCUT2D eigenvalue weighted by Crippen LogP contribution is -2.04. The highest BCUT2D eigenvalue weighted by Gasteiger charge is 1.94. The normalized spacial score (nSPS) is 9.27. The van der Waals surface area contributed by atoms with E-state index in [-0.39, 0.29) is 5.91 Å². The molecule has 1 aromatic heterocycles. The van der Waals surface area contributed by atoms with Gasteiger partial charge in [0.2, 0.25) is 5.91 Å². The molecule has 0 saturated carbocycles. The molecule has 3 rings (SSSR count). The molecule has 0 radical (unpaired) electrons. The lowest BCUT2D eigenvalue weighted by molar-refractivity contribution is -0.114. The van der Waals surface area contributed by atoms with Crippen LogP contribution in [0, 0.1) is 11.3 Å². The van der Waals surface area contributed by atoms with Gasteiger partial charge in [-0.1, -0.05) is 36.4 Å². The minimum absolute atomic E-state index is 0.0359. The van der Waals surface area contributed by atoms with E-state index in [0.29, 0.717) is 5.69 Å². The quantitative estimate of drug-likeness (QED) is 0.742. The second-order valence-corrected chi connectivity index (χ2v) is 4.55. The molecule has 2 aromatic carbocycles. The summed E-state index contributed by atoms with van der Waals surface area (Å²) in [7, 11) is 0. The van der Waals surface area contributed by atoms with E-state index >= 15 is 0 Å². The summed E-state index contributed by atoms with van der Waals surface area (Å²) < 4.78 is 0. The van der Waals surface area contributed by atoms with Crippen molar-refractivity contribution in [3.63, 3.8) is 0 Å². The van der Waals surface area contributed by atoms with Crippen molar-refractivity contribution in [2.24, 2.45) is 0 Å². The first-order valence-corrected chi connectivity index (χ1v) is 6.77. The van der Waals surface area contributed by atoms with Crippen LogP contribution in [-0.4, -0.2) is 10.9 Å². The van der Waals surface area contributed by atoms with E-state index in [1.54, 1.807) is 6.07 Å². The fourth-order valence-corrected chi connectivity index (χ4v) is 1.85. The SMILES string of the molecule is CC(=O)Nc1ccccc1.N#Cc1ccc2ccccc2n1. The van der Waals surface area contributed by atoms with Crippen LogP contribution in [0.4, 0.5) is 5.69 Å². The fourth-order valence-electron chi connectivity index (χ4n) is 1.85. The largest absolute Gasteiger partial charge is 0.326 e. The number of rotatable bonds is 1. The van der Waals surface area contributed by atoms with Gasteiger partial charge >= 0.3 is 0 Å². The van der Waals surface area contributed by atoms with Crippen molar-refractivity contribution < 1.29 is 4.79 Å². The standard InChI is InChI=1S/C10H6N2.C8H9NO/c11-7-9-6-5-8-3-1-2-4-10(8)12-9;1-7(10)9-8-5-3-2-4-6-8/h1-6H;2-6H,1H3,(H,9,10). The van der Waals surface area contributed by atoms with Crippen LogP contribution in [-0.2, 0) is 4.79 Å². The summed E-state index contributed by atoms with van der Waals surface area (Å²) in [6.07, 6.45) is 0. The van der Waals surface area contributed by atoms with Gasteiger partial charge in [-0.3, -0.25) is 4.79 Å². The van der Waals surface area contributed by atoms with E-state index < -0.39 is 0 Å². The first kappa shape index (κ1) is 15.2. The molecule has 1 N–H and O–H groups in total. The number of para-hydroxylation sites is 2. The first-order chi connectivity index (χ1) is 10.7. The minimum Gasteiger partial charge on any atom is -0.326 e. The second kappa shape index (κ2) is 7.55. The highest BCUT2D eigenvalue weighted by atomic mass is 16.1. The summed E-state index contributed by atoms with van der Waals surface area (Å²) >= 11 is 0. The highest BCUT2D eigenvalue weighted by molar-refractivity contribution is 5.88. The molecule has 22 heavy (non-hydrogen) atoms. The third-order valence-electron chi connectivity index (χ3n) is 2.81. The van der Waals surface area contributed by atoms with Gasteiger partial charge in [0, 0.05) is 18.0 Å². The van der Waals surface area contributed by atoms with Crippen molar-refractivity contribution in [1.82, 2.24) is 4.98 Å². The molecule has 0 fully saturated rings. The van der Waals surface area contributed by atoms with E-state index in [9.17, 15) is 4.79 Å². The Kier molecular flexibility index (Phi) is 5.22. The predicted molar refractivity (Wildman–Crippen MR) is 87.2 cm³/mol.